The summed E-state index contributed by atoms with van der Waals surface area (Å²) in [5.41, 5.74) is 3.08. The van der Waals surface area contributed by atoms with Crippen molar-refractivity contribution in [2.75, 3.05) is 26.2 Å². The molecule has 0 aromatic heterocycles. The van der Waals surface area contributed by atoms with Crippen molar-refractivity contribution >= 4 is 21.5 Å². The van der Waals surface area contributed by atoms with Gasteiger partial charge in [-0.2, -0.15) is 0 Å². The summed E-state index contributed by atoms with van der Waals surface area (Å²) < 4.78 is 36.9. The van der Waals surface area contributed by atoms with Gasteiger partial charge in [-0.05, 0) is 123 Å². The highest BCUT2D eigenvalue weighted by molar-refractivity contribution is 7.85. The molecule has 3 rings (SSSR count). The van der Waals surface area contributed by atoms with Crippen LogP contribution in [0.4, 0.5) is 0 Å². The Labute approximate surface area is 368 Å². The van der Waals surface area contributed by atoms with E-state index in [2.05, 4.69) is 27.7 Å². The minimum atomic E-state index is -4.71. The van der Waals surface area contributed by atoms with Gasteiger partial charge in [-0.3, -0.25) is 4.79 Å². The van der Waals surface area contributed by atoms with Crippen LogP contribution in [0.15, 0.2) is 76.7 Å². The van der Waals surface area contributed by atoms with Crippen molar-refractivity contribution in [1.82, 2.24) is 0 Å². The molecule has 338 valence electrons. The summed E-state index contributed by atoms with van der Waals surface area (Å²) in [4.78, 5) is 11.5. The molecule has 0 atom stereocenters. The first-order valence-corrected chi connectivity index (χ1v) is 25.7. The van der Waals surface area contributed by atoms with Crippen molar-refractivity contribution in [3.05, 3.63) is 88.5 Å². The van der Waals surface area contributed by atoms with Crippen LogP contribution < -0.4 is 0 Å². The largest absolute Gasteiger partial charge is 0.744 e. The summed E-state index contributed by atoms with van der Waals surface area (Å²) in [6.07, 6.45) is 39.4. The van der Waals surface area contributed by atoms with Crippen molar-refractivity contribution in [2.24, 2.45) is 0 Å². The molecular formula is C53H85NO5S. The number of benzene rings is 2. The fourth-order valence-electron chi connectivity index (χ4n) is 8.57. The Kier molecular flexibility index (Phi) is 27.4. The van der Waals surface area contributed by atoms with E-state index in [0.29, 0.717) is 27.8 Å². The van der Waals surface area contributed by atoms with Gasteiger partial charge in [-0.25, -0.2) is 8.42 Å². The second-order valence-corrected chi connectivity index (χ2v) is 19.0. The number of carbonyl (C=O) groups is 1. The molecule has 1 N–H and O–H groups in total. The summed E-state index contributed by atoms with van der Waals surface area (Å²) in [5.74, 6) is -0.0290. The lowest BCUT2D eigenvalue weighted by Gasteiger charge is -2.40. The Morgan fingerprint density at radius 1 is 0.583 bits per heavy atom. The Hall–Kier alpha value is -3.00. The van der Waals surface area contributed by atoms with Crippen molar-refractivity contribution in [3.8, 4) is 5.75 Å². The lowest BCUT2D eigenvalue weighted by molar-refractivity contribution is -0.929. The molecule has 0 heterocycles. The molecule has 0 bridgehead atoms. The number of phenols is 1. The number of rotatable bonds is 31. The maximum atomic E-state index is 11.8. The highest BCUT2D eigenvalue weighted by Crippen LogP contribution is 2.36. The van der Waals surface area contributed by atoms with Gasteiger partial charge in [0.2, 0.25) is 0 Å². The summed E-state index contributed by atoms with van der Waals surface area (Å²) in [6.45, 7) is 18.6. The summed E-state index contributed by atoms with van der Waals surface area (Å²) >= 11 is 0. The monoisotopic (exact) mass is 848 g/mol. The minimum absolute atomic E-state index is 0.105. The van der Waals surface area contributed by atoms with Crippen molar-refractivity contribution in [1.29, 1.82) is 0 Å². The number of phenolic OH excluding ortho intramolecular Hbond substituents is 1. The van der Waals surface area contributed by atoms with Gasteiger partial charge in [0.05, 0.1) is 31.1 Å². The molecule has 1 aliphatic carbocycles. The van der Waals surface area contributed by atoms with Crippen LogP contribution in [-0.4, -0.2) is 54.5 Å². The number of aryl methyl sites for hydroxylation is 1. The average molecular weight is 848 g/mol. The van der Waals surface area contributed by atoms with Crippen LogP contribution in [0, 0.1) is 6.92 Å². The van der Waals surface area contributed by atoms with E-state index in [1.807, 2.05) is 0 Å². The normalized spacial score (nSPS) is 13.9. The van der Waals surface area contributed by atoms with Gasteiger partial charge in [-0.15, -0.1) is 0 Å². The Bertz CT molecular complexity index is 1640. The predicted molar refractivity (Wildman–Crippen MR) is 254 cm³/mol. The number of hydrogen-bond acceptors (Lipinski definition) is 5. The molecule has 6 nitrogen and oxygen atoms in total. The van der Waals surface area contributed by atoms with Crippen molar-refractivity contribution < 1.29 is 27.4 Å². The molecule has 0 spiro atoms. The third-order valence-corrected chi connectivity index (χ3v) is 13.2. The van der Waals surface area contributed by atoms with Crippen LogP contribution >= 0.6 is 0 Å². The highest BCUT2D eigenvalue weighted by atomic mass is 32.2. The molecule has 0 radical (unpaired) electrons. The van der Waals surface area contributed by atoms with Crippen LogP contribution in [0.5, 0.6) is 5.75 Å². The number of aromatic hydroxyl groups is 1. The molecule has 0 fully saturated rings. The van der Waals surface area contributed by atoms with Gasteiger partial charge in [0.1, 0.15) is 15.9 Å². The topological polar surface area (TPSA) is 94.5 Å². The molecular weight excluding hydrogens is 763 g/mol. The van der Waals surface area contributed by atoms with Crippen molar-refractivity contribution in [3.63, 3.8) is 0 Å². The second-order valence-electron chi connectivity index (χ2n) is 17.6. The SMILES string of the molecule is CC1=C/C(=C(\c2ccc(O)c(C)c2)c2ccccc2S(=O)(=O)[O-])C=CC1=O.CCCCCCCC[N+](CCCCCCCC)(CCCCCCCC)CCCCCCCC. The van der Waals surface area contributed by atoms with E-state index in [1.54, 1.807) is 50.3 Å². The second kappa shape index (κ2) is 30.9. The molecule has 2 aromatic carbocycles. The summed E-state index contributed by atoms with van der Waals surface area (Å²) in [6, 6.07) is 10.8. The maximum absolute atomic E-state index is 11.8. The fourth-order valence-corrected chi connectivity index (χ4v) is 9.25. The van der Waals surface area contributed by atoms with E-state index in [4.69, 9.17) is 0 Å². The molecule has 0 unspecified atom stereocenters. The van der Waals surface area contributed by atoms with Crippen LogP contribution in [0.2, 0.25) is 0 Å². The highest BCUT2D eigenvalue weighted by Gasteiger charge is 2.26. The molecule has 60 heavy (non-hydrogen) atoms. The van der Waals surface area contributed by atoms with Crippen molar-refractivity contribution in [2.45, 2.75) is 201 Å². The van der Waals surface area contributed by atoms with Crippen LogP contribution in [0.25, 0.3) is 5.57 Å². The number of allylic oxidation sites excluding steroid dienone is 5. The number of carbonyl (C=O) groups excluding carboxylic acids is 1. The van der Waals surface area contributed by atoms with E-state index in [9.17, 15) is 22.9 Å². The third kappa shape index (κ3) is 20.7. The van der Waals surface area contributed by atoms with Gasteiger partial charge >= 0.3 is 0 Å². The van der Waals surface area contributed by atoms with Gasteiger partial charge in [0.15, 0.2) is 5.78 Å². The average Bonchev–Trinajstić information content (AvgIpc) is 3.23. The lowest BCUT2D eigenvalue weighted by Crippen LogP contribution is -2.50. The number of nitrogens with zero attached hydrogens (tertiary/aromatic N) is 1. The van der Waals surface area contributed by atoms with Gasteiger partial charge < -0.3 is 14.1 Å². The molecule has 0 saturated carbocycles. The summed E-state index contributed by atoms with van der Waals surface area (Å²) in [5, 5.41) is 9.83. The zero-order valence-electron chi connectivity index (χ0n) is 39.0. The first-order valence-electron chi connectivity index (χ1n) is 24.3. The van der Waals surface area contributed by atoms with Crippen LogP contribution in [-0.2, 0) is 14.9 Å². The molecule has 7 heteroatoms. The molecule has 0 amide bonds. The molecule has 1 aliphatic rings. The van der Waals surface area contributed by atoms with E-state index in [1.165, 1.54) is 209 Å². The Morgan fingerprint density at radius 2 is 1.00 bits per heavy atom. The number of quaternary nitrogens is 1. The van der Waals surface area contributed by atoms with E-state index in [-0.39, 0.29) is 22.0 Å². The van der Waals surface area contributed by atoms with Gasteiger partial charge in [0, 0.05) is 5.56 Å². The fraction of sp³-hybridized carbons (Fsp3) is 0.642. The smallest absolute Gasteiger partial charge is 0.181 e. The van der Waals surface area contributed by atoms with E-state index in [0.717, 1.165) is 0 Å². The minimum Gasteiger partial charge on any atom is -0.744 e. The Morgan fingerprint density at radius 3 is 1.40 bits per heavy atom. The van der Waals surface area contributed by atoms with Gasteiger partial charge in [-0.1, -0.05) is 161 Å². The lowest BCUT2D eigenvalue weighted by atomic mass is 9.88. The zero-order chi connectivity index (χ0) is 44.1. The summed E-state index contributed by atoms with van der Waals surface area (Å²) in [7, 11) is -4.71. The zero-order valence-corrected chi connectivity index (χ0v) is 39.8. The third-order valence-electron chi connectivity index (χ3n) is 12.3. The standard InChI is InChI=1S/C32H68N.C21H18O5S/c1-5-9-13-17-21-25-29-33(30-26-22-18-14-10-6-2,31-27-23-19-15-11-7-3)32-28-24-20-16-12-8-4;1-13-11-15(7-9-18(13)22)21(16-8-10-19(23)14(2)12-16)17-5-3-4-6-20(17)27(24,25)26/h5-32H2,1-4H3;3-12,22H,1-2H3,(H,24,25,26)/q+1;/p-1/b;21-16+. The van der Waals surface area contributed by atoms with E-state index >= 15 is 0 Å². The van der Waals surface area contributed by atoms with Gasteiger partial charge in [0.25, 0.3) is 0 Å². The first-order chi connectivity index (χ1) is 28.9. The molecule has 2 aromatic rings. The maximum Gasteiger partial charge on any atom is 0.181 e. The van der Waals surface area contributed by atoms with Crippen LogP contribution in [0.3, 0.4) is 0 Å². The van der Waals surface area contributed by atoms with E-state index < -0.39 is 10.1 Å². The molecule has 0 saturated heterocycles. The quantitative estimate of drug-likeness (QED) is 0.0463. The number of unbranched alkanes of at least 4 members (excludes halogenated alkanes) is 20. The number of hydrogen-bond donors (Lipinski definition) is 1. The predicted octanol–water partition coefficient (Wildman–Crippen LogP) is 14.7. The Balaban J connectivity index is 0.000000420. The first kappa shape index (κ1) is 53.1. The molecule has 0 aliphatic heterocycles. The van der Waals surface area contributed by atoms with Crippen LogP contribution in [0.1, 0.15) is 205 Å². The number of ketones is 1.